The van der Waals surface area contributed by atoms with Crippen LogP contribution in [0.2, 0.25) is 0 Å². The Morgan fingerprint density at radius 3 is 2.55 bits per heavy atom. The number of nitrogens with zero attached hydrogens (tertiary/aromatic N) is 5. The number of rotatable bonds is 1. The third-order valence-corrected chi connectivity index (χ3v) is 3.26. The molecule has 0 N–H and O–H groups in total. The summed E-state index contributed by atoms with van der Waals surface area (Å²) in [5, 5.41) is 24.3. The van der Waals surface area contributed by atoms with Crippen LogP contribution in [0.4, 0.5) is 0 Å². The lowest BCUT2D eigenvalue weighted by Crippen LogP contribution is -2.32. The predicted molar refractivity (Wildman–Crippen MR) is 72.7 cm³/mol. The van der Waals surface area contributed by atoms with Gasteiger partial charge in [-0.25, -0.2) is 0 Å². The van der Waals surface area contributed by atoms with Crippen LogP contribution in [0.25, 0.3) is 27.9 Å². The summed E-state index contributed by atoms with van der Waals surface area (Å²) in [4.78, 5) is 0. The Balaban J connectivity index is 2.24. The zero-order chi connectivity index (χ0) is 13.5. The quantitative estimate of drug-likeness (QED) is 0.386. The van der Waals surface area contributed by atoms with Crippen LogP contribution in [-0.4, -0.2) is 20.0 Å². The van der Waals surface area contributed by atoms with Crippen molar-refractivity contribution in [3.8, 4) is 11.3 Å². The normalized spacial score (nSPS) is 11.2. The molecule has 0 atom stereocenters. The summed E-state index contributed by atoms with van der Waals surface area (Å²) in [6.45, 7) is 0. The lowest BCUT2D eigenvalue weighted by atomic mass is 10.1. The van der Waals surface area contributed by atoms with Gasteiger partial charge in [-0.2, -0.15) is 9.25 Å². The summed E-state index contributed by atoms with van der Waals surface area (Å²) in [6, 6.07) is 16.7. The van der Waals surface area contributed by atoms with Crippen molar-refractivity contribution in [2.24, 2.45) is 0 Å². The molecule has 0 unspecified atom stereocenters. The Labute approximate surface area is 113 Å². The number of tetrazole rings is 1. The first-order valence-corrected chi connectivity index (χ1v) is 6.14. The van der Waals surface area contributed by atoms with Crippen LogP contribution in [0.3, 0.4) is 0 Å². The van der Waals surface area contributed by atoms with E-state index in [1.165, 1.54) is 0 Å². The third-order valence-electron chi connectivity index (χ3n) is 3.26. The second-order valence-electron chi connectivity index (χ2n) is 4.41. The largest absolute Gasteiger partial charge is 0.618 e. The van der Waals surface area contributed by atoms with Gasteiger partial charge >= 0.3 is 0 Å². The standard InChI is InChI=1S/C14H9N5O/c20-19-12-9-5-4-8-11(12)18-14(15-16-17-18)13(19)10-6-2-1-3-7-10/h1-9H. The lowest BCUT2D eigenvalue weighted by molar-refractivity contribution is -0.564. The zero-order valence-electron chi connectivity index (χ0n) is 10.3. The maximum absolute atomic E-state index is 12.6. The molecule has 2 aromatic carbocycles. The SMILES string of the molecule is [O-][n+]1c(-c2ccccc2)c2nnnn2c2ccccc21. The molecule has 2 aromatic heterocycles. The van der Waals surface area contributed by atoms with Gasteiger partial charge in [0.15, 0.2) is 0 Å². The molecule has 6 nitrogen and oxygen atoms in total. The van der Waals surface area contributed by atoms with E-state index in [9.17, 15) is 5.21 Å². The zero-order valence-corrected chi connectivity index (χ0v) is 10.3. The van der Waals surface area contributed by atoms with Gasteiger partial charge in [0.05, 0.1) is 5.56 Å². The fourth-order valence-electron chi connectivity index (χ4n) is 2.37. The van der Waals surface area contributed by atoms with Gasteiger partial charge < -0.3 is 5.21 Å². The Morgan fingerprint density at radius 1 is 0.950 bits per heavy atom. The number of para-hydroxylation sites is 2. The molecule has 0 bridgehead atoms. The highest BCUT2D eigenvalue weighted by Gasteiger charge is 2.22. The third kappa shape index (κ3) is 1.38. The van der Waals surface area contributed by atoms with E-state index in [-0.39, 0.29) is 0 Å². The smallest absolute Gasteiger partial charge is 0.271 e. The van der Waals surface area contributed by atoms with Crippen molar-refractivity contribution in [3.63, 3.8) is 0 Å². The molecule has 0 amide bonds. The molecule has 96 valence electrons. The highest BCUT2D eigenvalue weighted by atomic mass is 16.5. The van der Waals surface area contributed by atoms with Crippen LogP contribution in [0, 0.1) is 5.21 Å². The summed E-state index contributed by atoms with van der Waals surface area (Å²) in [5.41, 5.74) is 2.90. The number of aromatic nitrogens is 5. The molecule has 0 radical (unpaired) electrons. The fourth-order valence-corrected chi connectivity index (χ4v) is 2.37. The van der Waals surface area contributed by atoms with Gasteiger partial charge in [-0.3, -0.25) is 0 Å². The average Bonchev–Trinajstić information content (AvgIpc) is 2.98. The first kappa shape index (κ1) is 10.9. The summed E-state index contributed by atoms with van der Waals surface area (Å²) in [6.07, 6.45) is 0. The van der Waals surface area contributed by atoms with Gasteiger partial charge in [-0.05, 0) is 28.6 Å². The van der Waals surface area contributed by atoms with Gasteiger partial charge in [-0.15, -0.1) is 5.10 Å². The molecule has 0 aliphatic heterocycles. The van der Waals surface area contributed by atoms with E-state index in [1.54, 1.807) is 10.6 Å². The van der Waals surface area contributed by atoms with Crippen LogP contribution in [0.5, 0.6) is 0 Å². The highest BCUT2D eigenvalue weighted by Crippen LogP contribution is 2.22. The van der Waals surface area contributed by atoms with Gasteiger partial charge in [0.25, 0.3) is 11.3 Å². The molecule has 0 aliphatic carbocycles. The first-order valence-electron chi connectivity index (χ1n) is 6.14. The van der Waals surface area contributed by atoms with Crippen molar-refractivity contribution >= 4 is 16.7 Å². The Hall–Kier alpha value is -3.02. The fraction of sp³-hybridized carbons (Fsp3) is 0. The number of hydrogen-bond donors (Lipinski definition) is 0. The minimum Gasteiger partial charge on any atom is -0.618 e. The van der Waals surface area contributed by atoms with Gasteiger partial charge in [0.2, 0.25) is 5.52 Å². The molecule has 4 rings (SSSR count). The summed E-state index contributed by atoms with van der Waals surface area (Å²) in [7, 11) is 0. The topological polar surface area (TPSA) is 70.0 Å². The molecule has 0 saturated carbocycles. The minimum atomic E-state index is 0.449. The van der Waals surface area contributed by atoms with E-state index >= 15 is 0 Å². The molecule has 6 heteroatoms. The Morgan fingerprint density at radius 2 is 1.70 bits per heavy atom. The van der Waals surface area contributed by atoms with Crippen molar-refractivity contribution in [1.29, 1.82) is 0 Å². The number of fused-ring (bicyclic) bond motifs is 3. The van der Waals surface area contributed by atoms with Crippen LogP contribution in [0.1, 0.15) is 0 Å². The van der Waals surface area contributed by atoms with E-state index in [4.69, 9.17) is 0 Å². The van der Waals surface area contributed by atoms with Gasteiger partial charge in [0.1, 0.15) is 5.52 Å². The molecule has 20 heavy (non-hydrogen) atoms. The second-order valence-corrected chi connectivity index (χ2v) is 4.41. The van der Waals surface area contributed by atoms with E-state index in [1.807, 2.05) is 48.5 Å². The number of benzene rings is 2. The van der Waals surface area contributed by atoms with Gasteiger partial charge in [-0.1, -0.05) is 30.3 Å². The molecular weight excluding hydrogens is 254 g/mol. The molecule has 0 fully saturated rings. The minimum absolute atomic E-state index is 0.449. The molecule has 0 saturated heterocycles. The Bertz CT molecular complexity index is 917. The summed E-state index contributed by atoms with van der Waals surface area (Å²) < 4.78 is 2.47. The van der Waals surface area contributed by atoms with Crippen molar-refractivity contribution in [2.75, 3.05) is 0 Å². The van der Waals surface area contributed by atoms with Crippen molar-refractivity contribution in [3.05, 3.63) is 59.8 Å². The van der Waals surface area contributed by atoms with Gasteiger partial charge in [0, 0.05) is 6.07 Å². The maximum atomic E-state index is 12.6. The second kappa shape index (κ2) is 3.99. The predicted octanol–water partition coefficient (Wildman–Crippen LogP) is 1.58. The summed E-state index contributed by atoms with van der Waals surface area (Å²) in [5.74, 6) is 0. The number of hydrogen-bond acceptors (Lipinski definition) is 4. The maximum Gasteiger partial charge on any atom is 0.271 e. The van der Waals surface area contributed by atoms with Crippen LogP contribution in [0.15, 0.2) is 54.6 Å². The lowest BCUT2D eigenvalue weighted by Gasteiger charge is -2.08. The molecular formula is C14H9N5O. The van der Waals surface area contributed by atoms with Crippen LogP contribution >= 0.6 is 0 Å². The van der Waals surface area contributed by atoms with E-state index in [2.05, 4.69) is 15.5 Å². The van der Waals surface area contributed by atoms with E-state index in [0.29, 0.717) is 22.4 Å². The monoisotopic (exact) mass is 263 g/mol. The van der Waals surface area contributed by atoms with E-state index in [0.717, 1.165) is 10.3 Å². The van der Waals surface area contributed by atoms with Crippen LogP contribution < -0.4 is 4.73 Å². The van der Waals surface area contributed by atoms with Crippen molar-refractivity contribution < 1.29 is 4.73 Å². The summed E-state index contributed by atoms with van der Waals surface area (Å²) >= 11 is 0. The molecule has 2 heterocycles. The molecule has 4 aromatic rings. The van der Waals surface area contributed by atoms with E-state index < -0.39 is 0 Å². The highest BCUT2D eigenvalue weighted by molar-refractivity contribution is 5.80. The molecule has 0 spiro atoms. The molecule has 0 aliphatic rings. The first-order chi connectivity index (χ1) is 9.86. The Kier molecular flexibility index (Phi) is 2.17. The van der Waals surface area contributed by atoms with Crippen molar-refractivity contribution in [2.45, 2.75) is 0 Å². The van der Waals surface area contributed by atoms with Crippen molar-refractivity contribution in [1.82, 2.24) is 20.0 Å². The average molecular weight is 263 g/mol. The van der Waals surface area contributed by atoms with Crippen LogP contribution in [-0.2, 0) is 0 Å².